The van der Waals surface area contributed by atoms with Crippen LogP contribution in [0.15, 0.2) is 18.2 Å². The Kier molecular flexibility index (Phi) is 3.55. The lowest BCUT2D eigenvalue weighted by molar-refractivity contribution is 0.0517. The molecule has 1 rings (SSSR count). The highest BCUT2D eigenvalue weighted by atomic mass is 19.1. The Labute approximate surface area is 90.5 Å². The first-order valence-electron chi connectivity index (χ1n) is 4.32. The second-order valence-corrected chi connectivity index (χ2v) is 3.11. The number of rotatable bonds is 3. The molecule has 0 fully saturated rings. The smallest absolute Gasteiger partial charge is 0.249 e. The molecule has 1 aromatic rings. The number of nitrogens with zero attached hydrogens (tertiary/aromatic N) is 1. The summed E-state index contributed by atoms with van der Waals surface area (Å²) in [5.41, 5.74) is 4.66. The Bertz CT molecular complexity index is 456. The van der Waals surface area contributed by atoms with E-state index in [4.69, 9.17) is 16.1 Å². The van der Waals surface area contributed by atoms with E-state index in [0.29, 0.717) is 0 Å². The van der Waals surface area contributed by atoms with E-state index in [9.17, 15) is 14.3 Å². The van der Waals surface area contributed by atoms with Crippen molar-refractivity contribution in [2.75, 3.05) is 0 Å². The zero-order chi connectivity index (χ0) is 12.3. The molecule has 0 heterocycles. The molecule has 0 spiro atoms. The van der Waals surface area contributed by atoms with Crippen LogP contribution in [0.25, 0.3) is 0 Å². The van der Waals surface area contributed by atoms with Gasteiger partial charge in [0.15, 0.2) is 6.10 Å². The molecule has 5 nitrogen and oxygen atoms in total. The Morgan fingerprint density at radius 2 is 2.12 bits per heavy atom. The molecule has 0 aliphatic carbocycles. The molecule has 6 heteroatoms. The van der Waals surface area contributed by atoms with Crippen LogP contribution in [0.2, 0.25) is 0 Å². The maximum atomic E-state index is 12.9. The van der Waals surface area contributed by atoms with E-state index < -0.39 is 23.9 Å². The van der Waals surface area contributed by atoms with E-state index in [-0.39, 0.29) is 11.1 Å². The summed E-state index contributed by atoms with van der Waals surface area (Å²) in [5, 5.41) is 27.0. The van der Waals surface area contributed by atoms with Crippen LogP contribution in [-0.2, 0) is 0 Å². The fourth-order valence-electron chi connectivity index (χ4n) is 1.24. The number of nitriles is 1. The largest absolute Gasteiger partial charge is 0.385 e. The van der Waals surface area contributed by atoms with Crippen molar-refractivity contribution in [3.8, 4) is 6.07 Å². The van der Waals surface area contributed by atoms with Gasteiger partial charge in [-0.15, -0.1) is 0 Å². The molecule has 2 atom stereocenters. The van der Waals surface area contributed by atoms with Gasteiger partial charge in [0.25, 0.3) is 0 Å². The number of aliphatic hydroxyl groups excluding tert-OH is 2. The maximum absolute atomic E-state index is 12.9. The van der Waals surface area contributed by atoms with Gasteiger partial charge in [0.05, 0.1) is 6.07 Å². The molecule has 0 aromatic heterocycles. The van der Waals surface area contributed by atoms with E-state index in [1.165, 1.54) is 6.07 Å². The van der Waals surface area contributed by atoms with E-state index >= 15 is 0 Å². The number of nitrogens with two attached hydrogens (primary N) is 1. The molecule has 0 saturated heterocycles. The first-order chi connectivity index (χ1) is 7.47. The van der Waals surface area contributed by atoms with Crippen molar-refractivity contribution < 1.29 is 19.4 Å². The number of halogens is 1. The standard InChI is InChI=1S/C10H9FN2O3/c11-5-1-2-6(10(13)16)7(3-5)9(15)8(14)4-12/h1-3,8-9,14-15H,(H2,13,16). The molecular weight excluding hydrogens is 215 g/mol. The number of carbonyl (C=O) groups is 1. The number of hydrogen-bond acceptors (Lipinski definition) is 4. The van der Waals surface area contributed by atoms with Crippen molar-refractivity contribution in [1.29, 1.82) is 5.26 Å². The molecule has 84 valence electrons. The average molecular weight is 224 g/mol. The third kappa shape index (κ3) is 2.34. The summed E-state index contributed by atoms with van der Waals surface area (Å²) in [4.78, 5) is 11.0. The fraction of sp³-hybridized carbons (Fsp3) is 0.200. The number of primary amides is 1. The zero-order valence-electron chi connectivity index (χ0n) is 8.09. The topological polar surface area (TPSA) is 107 Å². The normalized spacial score (nSPS) is 13.9. The number of benzene rings is 1. The van der Waals surface area contributed by atoms with Crippen molar-refractivity contribution in [2.24, 2.45) is 5.73 Å². The Hall–Kier alpha value is -1.97. The van der Waals surface area contributed by atoms with Crippen LogP contribution < -0.4 is 5.73 Å². The lowest BCUT2D eigenvalue weighted by atomic mass is 9.98. The quantitative estimate of drug-likeness (QED) is 0.620. The highest BCUT2D eigenvalue weighted by molar-refractivity contribution is 5.94. The summed E-state index contributed by atoms with van der Waals surface area (Å²) in [7, 11) is 0. The van der Waals surface area contributed by atoms with Gasteiger partial charge in [0, 0.05) is 5.56 Å². The highest BCUT2D eigenvalue weighted by Crippen LogP contribution is 2.22. The van der Waals surface area contributed by atoms with Crippen LogP contribution in [0.4, 0.5) is 4.39 Å². The van der Waals surface area contributed by atoms with Crippen LogP contribution in [-0.4, -0.2) is 22.2 Å². The van der Waals surface area contributed by atoms with Crippen molar-refractivity contribution in [1.82, 2.24) is 0 Å². The molecule has 4 N–H and O–H groups in total. The first-order valence-corrected chi connectivity index (χ1v) is 4.32. The molecule has 2 unspecified atom stereocenters. The average Bonchev–Trinajstić information content (AvgIpc) is 2.26. The van der Waals surface area contributed by atoms with Crippen LogP contribution in [0.5, 0.6) is 0 Å². The van der Waals surface area contributed by atoms with E-state index in [2.05, 4.69) is 0 Å². The third-order valence-electron chi connectivity index (χ3n) is 2.03. The van der Waals surface area contributed by atoms with Gasteiger partial charge in [-0.1, -0.05) is 0 Å². The van der Waals surface area contributed by atoms with Gasteiger partial charge in [0.1, 0.15) is 11.9 Å². The summed E-state index contributed by atoms with van der Waals surface area (Å²) in [6, 6.07) is 4.31. The minimum Gasteiger partial charge on any atom is -0.385 e. The minimum absolute atomic E-state index is 0.136. The van der Waals surface area contributed by atoms with Gasteiger partial charge in [-0.2, -0.15) is 5.26 Å². The third-order valence-corrected chi connectivity index (χ3v) is 2.03. The molecule has 1 aromatic carbocycles. The molecule has 0 saturated carbocycles. The van der Waals surface area contributed by atoms with E-state index in [1.807, 2.05) is 0 Å². The molecule has 0 bridgehead atoms. The lowest BCUT2D eigenvalue weighted by Gasteiger charge is -2.14. The predicted octanol–water partition coefficient (Wildman–Crippen LogP) is -0.158. The van der Waals surface area contributed by atoms with Crippen LogP contribution in [0.1, 0.15) is 22.0 Å². The highest BCUT2D eigenvalue weighted by Gasteiger charge is 2.23. The first kappa shape index (κ1) is 12.1. The maximum Gasteiger partial charge on any atom is 0.249 e. The Morgan fingerprint density at radius 1 is 1.50 bits per heavy atom. The number of amides is 1. The summed E-state index contributed by atoms with van der Waals surface area (Å²) >= 11 is 0. The van der Waals surface area contributed by atoms with Gasteiger partial charge in [-0.3, -0.25) is 4.79 Å². The van der Waals surface area contributed by atoms with Crippen LogP contribution >= 0.6 is 0 Å². The van der Waals surface area contributed by atoms with Crippen molar-refractivity contribution >= 4 is 5.91 Å². The Morgan fingerprint density at radius 3 is 2.62 bits per heavy atom. The molecule has 0 aliphatic heterocycles. The zero-order valence-corrected chi connectivity index (χ0v) is 8.09. The van der Waals surface area contributed by atoms with E-state index in [0.717, 1.165) is 18.2 Å². The predicted molar refractivity (Wildman–Crippen MR) is 51.5 cm³/mol. The molecule has 0 aliphatic rings. The number of hydrogen-bond donors (Lipinski definition) is 3. The number of carbonyl (C=O) groups excluding carboxylic acids is 1. The van der Waals surface area contributed by atoms with Crippen LogP contribution in [0.3, 0.4) is 0 Å². The lowest BCUT2D eigenvalue weighted by Crippen LogP contribution is -2.21. The van der Waals surface area contributed by atoms with Crippen LogP contribution in [0, 0.1) is 17.1 Å². The van der Waals surface area contributed by atoms with Crippen molar-refractivity contribution in [2.45, 2.75) is 12.2 Å². The second-order valence-electron chi connectivity index (χ2n) is 3.11. The molecule has 1 amide bonds. The fourth-order valence-corrected chi connectivity index (χ4v) is 1.24. The molecular formula is C10H9FN2O3. The van der Waals surface area contributed by atoms with E-state index in [1.54, 1.807) is 0 Å². The van der Waals surface area contributed by atoms with Crippen molar-refractivity contribution in [3.05, 3.63) is 35.1 Å². The number of aliphatic hydroxyl groups is 2. The summed E-state index contributed by atoms with van der Waals surface area (Å²) in [6.45, 7) is 0. The minimum atomic E-state index is -1.75. The van der Waals surface area contributed by atoms with Crippen molar-refractivity contribution in [3.63, 3.8) is 0 Å². The summed E-state index contributed by atoms with van der Waals surface area (Å²) in [6.07, 6.45) is -3.43. The van der Waals surface area contributed by atoms with Gasteiger partial charge in [-0.05, 0) is 23.8 Å². The molecule has 0 radical (unpaired) electrons. The summed E-state index contributed by atoms with van der Waals surface area (Å²) in [5.74, 6) is -1.58. The van der Waals surface area contributed by atoms with Gasteiger partial charge in [0.2, 0.25) is 5.91 Å². The summed E-state index contributed by atoms with van der Waals surface area (Å²) < 4.78 is 12.9. The monoisotopic (exact) mass is 224 g/mol. The Balaban J connectivity index is 3.25. The molecule has 16 heavy (non-hydrogen) atoms. The second kappa shape index (κ2) is 4.70. The van der Waals surface area contributed by atoms with Gasteiger partial charge >= 0.3 is 0 Å². The van der Waals surface area contributed by atoms with Gasteiger partial charge < -0.3 is 15.9 Å². The SMILES string of the molecule is N#CC(O)C(O)c1cc(F)ccc1C(N)=O. The van der Waals surface area contributed by atoms with Gasteiger partial charge in [-0.25, -0.2) is 4.39 Å².